The fraction of sp³-hybridized carbons (Fsp3) is 0.409. The SMILES string of the molecule is Cc1ccc(C)c(C(=O)NCc2ccc(N3CCCC(C)C3)cc2)c1. The van der Waals surface area contributed by atoms with Crippen molar-refractivity contribution in [2.75, 3.05) is 18.0 Å². The lowest BCUT2D eigenvalue weighted by atomic mass is 9.99. The number of nitrogens with zero attached hydrogens (tertiary/aromatic N) is 1. The van der Waals surface area contributed by atoms with Gasteiger partial charge in [-0.05, 0) is 61.9 Å². The quantitative estimate of drug-likeness (QED) is 0.893. The molecule has 2 aromatic rings. The highest BCUT2D eigenvalue weighted by atomic mass is 16.1. The van der Waals surface area contributed by atoms with E-state index in [1.165, 1.54) is 18.5 Å². The number of hydrogen-bond acceptors (Lipinski definition) is 2. The molecule has 0 aliphatic carbocycles. The number of carbonyl (C=O) groups is 1. The lowest BCUT2D eigenvalue weighted by Gasteiger charge is -2.32. The zero-order valence-corrected chi connectivity index (χ0v) is 15.5. The van der Waals surface area contributed by atoms with Gasteiger partial charge in [-0.1, -0.05) is 36.8 Å². The van der Waals surface area contributed by atoms with Crippen molar-refractivity contribution in [3.8, 4) is 0 Å². The Morgan fingerprint density at radius 2 is 1.92 bits per heavy atom. The number of nitrogens with one attached hydrogen (secondary N) is 1. The van der Waals surface area contributed by atoms with Crippen LogP contribution in [0.3, 0.4) is 0 Å². The summed E-state index contributed by atoms with van der Waals surface area (Å²) in [5.74, 6) is 0.764. The van der Waals surface area contributed by atoms with Gasteiger partial charge in [0.1, 0.15) is 0 Å². The van der Waals surface area contributed by atoms with E-state index < -0.39 is 0 Å². The van der Waals surface area contributed by atoms with Crippen molar-refractivity contribution >= 4 is 11.6 Å². The zero-order valence-electron chi connectivity index (χ0n) is 15.5. The van der Waals surface area contributed by atoms with Crippen LogP contribution in [-0.2, 0) is 6.54 Å². The highest BCUT2D eigenvalue weighted by Gasteiger charge is 2.16. The first kappa shape index (κ1) is 17.5. The van der Waals surface area contributed by atoms with Crippen molar-refractivity contribution in [1.29, 1.82) is 0 Å². The molecular weight excluding hydrogens is 308 g/mol. The van der Waals surface area contributed by atoms with Crippen LogP contribution in [0.5, 0.6) is 0 Å². The lowest BCUT2D eigenvalue weighted by Crippen LogP contribution is -2.34. The van der Waals surface area contributed by atoms with Gasteiger partial charge in [-0.2, -0.15) is 0 Å². The van der Waals surface area contributed by atoms with Crippen LogP contribution in [0, 0.1) is 19.8 Å². The Morgan fingerprint density at radius 1 is 1.16 bits per heavy atom. The second-order valence-electron chi connectivity index (χ2n) is 7.36. The minimum atomic E-state index is -0.00451. The summed E-state index contributed by atoms with van der Waals surface area (Å²) in [6.45, 7) is 9.15. The standard InChI is InChI=1S/C22H28N2O/c1-16-6-7-18(3)21(13-16)22(25)23-14-19-8-10-20(11-9-19)24-12-4-5-17(2)15-24/h6-11,13,17H,4-5,12,14-15H2,1-3H3,(H,23,25). The molecule has 3 heteroatoms. The molecule has 132 valence electrons. The monoisotopic (exact) mass is 336 g/mol. The Hall–Kier alpha value is -2.29. The highest BCUT2D eigenvalue weighted by molar-refractivity contribution is 5.95. The maximum atomic E-state index is 12.4. The van der Waals surface area contributed by atoms with Gasteiger partial charge in [0.15, 0.2) is 0 Å². The van der Waals surface area contributed by atoms with Gasteiger partial charge >= 0.3 is 0 Å². The van der Waals surface area contributed by atoms with Gasteiger partial charge in [0, 0.05) is 30.9 Å². The van der Waals surface area contributed by atoms with Crippen molar-refractivity contribution < 1.29 is 4.79 Å². The topological polar surface area (TPSA) is 32.3 Å². The first-order valence-electron chi connectivity index (χ1n) is 9.22. The molecule has 0 saturated carbocycles. The van der Waals surface area contributed by atoms with E-state index in [1.54, 1.807) is 0 Å². The van der Waals surface area contributed by atoms with Crippen molar-refractivity contribution in [3.63, 3.8) is 0 Å². The third kappa shape index (κ3) is 4.41. The van der Waals surface area contributed by atoms with E-state index in [-0.39, 0.29) is 5.91 Å². The molecule has 2 aromatic carbocycles. The third-order valence-electron chi connectivity index (χ3n) is 5.05. The molecule has 1 aliphatic heterocycles. The molecule has 1 unspecified atom stereocenters. The van der Waals surface area contributed by atoms with Crippen molar-refractivity contribution in [1.82, 2.24) is 5.32 Å². The molecule has 0 bridgehead atoms. The maximum absolute atomic E-state index is 12.4. The molecule has 1 saturated heterocycles. The summed E-state index contributed by atoms with van der Waals surface area (Å²) in [6.07, 6.45) is 2.60. The second kappa shape index (κ2) is 7.73. The van der Waals surface area contributed by atoms with Gasteiger partial charge in [-0.3, -0.25) is 4.79 Å². The first-order valence-corrected chi connectivity index (χ1v) is 9.22. The predicted molar refractivity (Wildman–Crippen MR) is 104 cm³/mol. The van der Waals surface area contributed by atoms with Crippen LogP contribution in [0.1, 0.15) is 46.8 Å². The zero-order chi connectivity index (χ0) is 17.8. The Bertz CT molecular complexity index is 736. The summed E-state index contributed by atoms with van der Waals surface area (Å²) in [5.41, 5.74) is 5.30. The van der Waals surface area contributed by atoms with E-state index in [4.69, 9.17) is 0 Å². The van der Waals surface area contributed by atoms with Crippen molar-refractivity contribution in [2.24, 2.45) is 5.92 Å². The van der Waals surface area contributed by atoms with Crippen molar-refractivity contribution in [2.45, 2.75) is 40.2 Å². The minimum absolute atomic E-state index is 0.00451. The molecule has 3 rings (SSSR count). The van der Waals surface area contributed by atoms with Crippen LogP contribution in [-0.4, -0.2) is 19.0 Å². The van der Waals surface area contributed by atoms with Crippen LogP contribution in [0.25, 0.3) is 0 Å². The smallest absolute Gasteiger partial charge is 0.251 e. The number of piperidine rings is 1. The molecule has 3 nitrogen and oxygen atoms in total. The Morgan fingerprint density at radius 3 is 2.64 bits per heavy atom. The van der Waals surface area contributed by atoms with E-state index in [2.05, 4.69) is 41.4 Å². The molecule has 0 spiro atoms. The highest BCUT2D eigenvalue weighted by Crippen LogP contribution is 2.23. The van der Waals surface area contributed by atoms with Crippen LogP contribution in [0.15, 0.2) is 42.5 Å². The van der Waals surface area contributed by atoms with E-state index in [9.17, 15) is 4.79 Å². The van der Waals surface area contributed by atoms with Gasteiger partial charge in [-0.15, -0.1) is 0 Å². The van der Waals surface area contributed by atoms with E-state index >= 15 is 0 Å². The van der Waals surface area contributed by atoms with Crippen LogP contribution in [0.2, 0.25) is 0 Å². The molecule has 1 amide bonds. The number of aryl methyl sites for hydroxylation is 2. The number of carbonyl (C=O) groups excluding carboxylic acids is 1. The summed E-state index contributed by atoms with van der Waals surface area (Å²) in [4.78, 5) is 14.9. The normalized spacial score (nSPS) is 17.4. The molecule has 1 fully saturated rings. The fourth-order valence-corrected chi connectivity index (χ4v) is 3.51. The molecule has 1 atom stereocenters. The van der Waals surface area contributed by atoms with E-state index in [1.807, 2.05) is 32.0 Å². The Balaban J connectivity index is 1.60. The third-order valence-corrected chi connectivity index (χ3v) is 5.05. The Kier molecular flexibility index (Phi) is 5.42. The Labute approximate surface area is 151 Å². The molecule has 0 radical (unpaired) electrons. The first-order chi connectivity index (χ1) is 12.0. The summed E-state index contributed by atoms with van der Waals surface area (Å²) in [5, 5.41) is 3.04. The second-order valence-corrected chi connectivity index (χ2v) is 7.36. The summed E-state index contributed by atoms with van der Waals surface area (Å²) in [7, 11) is 0. The van der Waals surface area contributed by atoms with Gasteiger partial charge in [0.05, 0.1) is 0 Å². The number of amides is 1. The van der Waals surface area contributed by atoms with Gasteiger partial charge < -0.3 is 10.2 Å². The minimum Gasteiger partial charge on any atom is -0.371 e. The average molecular weight is 336 g/mol. The van der Waals surface area contributed by atoms with E-state index in [0.29, 0.717) is 6.54 Å². The fourth-order valence-electron chi connectivity index (χ4n) is 3.51. The van der Waals surface area contributed by atoms with Crippen LogP contribution < -0.4 is 10.2 Å². The lowest BCUT2D eigenvalue weighted by molar-refractivity contribution is 0.0950. The maximum Gasteiger partial charge on any atom is 0.251 e. The number of anilines is 1. The number of benzene rings is 2. The van der Waals surface area contributed by atoms with E-state index in [0.717, 1.165) is 41.3 Å². The van der Waals surface area contributed by atoms with Crippen LogP contribution in [0.4, 0.5) is 5.69 Å². The average Bonchev–Trinajstić information content (AvgIpc) is 2.62. The molecular formula is C22H28N2O. The van der Waals surface area contributed by atoms with Gasteiger partial charge in [0.25, 0.3) is 5.91 Å². The predicted octanol–water partition coefficient (Wildman–Crippen LogP) is 4.47. The summed E-state index contributed by atoms with van der Waals surface area (Å²) >= 11 is 0. The molecule has 1 aliphatic rings. The largest absolute Gasteiger partial charge is 0.371 e. The molecule has 1 N–H and O–H groups in total. The molecule has 0 aromatic heterocycles. The van der Waals surface area contributed by atoms with Crippen LogP contribution >= 0.6 is 0 Å². The molecule has 25 heavy (non-hydrogen) atoms. The number of rotatable bonds is 4. The summed E-state index contributed by atoms with van der Waals surface area (Å²) < 4.78 is 0. The van der Waals surface area contributed by atoms with Crippen molar-refractivity contribution in [3.05, 3.63) is 64.7 Å². The molecule has 1 heterocycles. The number of hydrogen-bond donors (Lipinski definition) is 1. The summed E-state index contributed by atoms with van der Waals surface area (Å²) in [6, 6.07) is 14.6. The van der Waals surface area contributed by atoms with Gasteiger partial charge in [0.2, 0.25) is 0 Å². The van der Waals surface area contributed by atoms with Gasteiger partial charge in [-0.25, -0.2) is 0 Å².